The number of benzene rings is 1. The Hall–Kier alpha value is -1.75. The highest BCUT2D eigenvalue weighted by atomic mass is 16.6. The molecule has 1 unspecified atom stereocenters. The second kappa shape index (κ2) is 5.71. The lowest BCUT2D eigenvalue weighted by Crippen LogP contribution is -2.42. The molecule has 0 radical (unpaired) electrons. The third-order valence-electron chi connectivity index (χ3n) is 3.93. The van der Waals surface area contributed by atoms with E-state index in [4.69, 9.17) is 15.2 Å². The van der Waals surface area contributed by atoms with Crippen LogP contribution in [-0.2, 0) is 0 Å². The van der Waals surface area contributed by atoms with Gasteiger partial charge in [0.1, 0.15) is 13.2 Å². The van der Waals surface area contributed by atoms with Crippen LogP contribution < -0.4 is 15.2 Å². The third-order valence-corrected chi connectivity index (χ3v) is 3.93. The van der Waals surface area contributed by atoms with Crippen molar-refractivity contribution in [3.05, 3.63) is 23.8 Å². The van der Waals surface area contributed by atoms with Crippen molar-refractivity contribution in [1.82, 2.24) is 4.90 Å². The van der Waals surface area contributed by atoms with Gasteiger partial charge in [0.15, 0.2) is 11.5 Å². The Morgan fingerprint density at radius 1 is 1.30 bits per heavy atom. The smallest absolute Gasteiger partial charge is 0.254 e. The number of rotatable bonds is 2. The van der Waals surface area contributed by atoms with Gasteiger partial charge in [0, 0.05) is 18.7 Å². The van der Waals surface area contributed by atoms with Gasteiger partial charge in [0.05, 0.1) is 0 Å². The fourth-order valence-corrected chi connectivity index (χ4v) is 2.80. The Kier molecular flexibility index (Phi) is 3.78. The molecule has 1 fully saturated rings. The van der Waals surface area contributed by atoms with E-state index < -0.39 is 0 Å². The SMILES string of the molecule is NCC1CCCN(C(=O)c2ccc3c(c2)OCCO3)C1. The van der Waals surface area contributed by atoms with Crippen molar-refractivity contribution in [3.8, 4) is 11.5 Å². The first-order valence-corrected chi connectivity index (χ1v) is 7.17. The van der Waals surface area contributed by atoms with Gasteiger partial charge in [-0.1, -0.05) is 0 Å². The van der Waals surface area contributed by atoms with Gasteiger partial charge in [-0.15, -0.1) is 0 Å². The molecule has 0 aliphatic carbocycles. The van der Waals surface area contributed by atoms with Crippen LogP contribution in [-0.4, -0.2) is 43.7 Å². The van der Waals surface area contributed by atoms with Gasteiger partial charge in [-0.2, -0.15) is 0 Å². The Labute approximate surface area is 118 Å². The van der Waals surface area contributed by atoms with E-state index in [0.717, 1.165) is 25.9 Å². The lowest BCUT2D eigenvalue weighted by molar-refractivity contribution is 0.0677. The van der Waals surface area contributed by atoms with E-state index >= 15 is 0 Å². The molecular formula is C15H20N2O3. The standard InChI is InChI=1S/C15H20N2O3/c16-9-11-2-1-5-17(10-11)15(18)12-3-4-13-14(8-12)20-7-6-19-13/h3-4,8,11H,1-2,5-7,9-10,16H2. The molecule has 0 spiro atoms. The maximum atomic E-state index is 12.5. The van der Waals surface area contributed by atoms with Gasteiger partial charge in [0.2, 0.25) is 0 Å². The zero-order valence-corrected chi connectivity index (χ0v) is 11.5. The molecule has 0 bridgehead atoms. The average molecular weight is 276 g/mol. The predicted octanol–water partition coefficient (Wildman–Crippen LogP) is 1.27. The molecule has 2 aliphatic rings. The molecule has 5 nitrogen and oxygen atoms in total. The first-order chi connectivity index (χ1) is 9.78. The number of carbonyl (C=O) groups excluding carboxylic acids is 1. The zero-order chi connectivity index (χ0) is 13.9. The van der Waals surface area contributed by atoms with Gasteiger partial charge >= 0.3 is 0 Å². The molecule has 108 valence electrons. The summed E-state index contributed by atoms with van der Waals surface area (Å²) in [6, 6.07) is 5.40. The molecule has 2 aliphatic heterocycles. The molecule has 20 heavy (non-hydrogen) atoms. The van der Waals surface area contributed by atoms with Crippen molar-refractivity contribution in [1.29, 1.82) is 0 Å². The minimum absolute atomic E-state index is 0.0557. The van der Waals surface area contributed by atoms with Crippen LogP contribution in [0.2, 0.25) is 0 Å². The number of amides is 1. The summed E-state index contributed by atoms with van der Waals surface area (Å²) in [5, 5.41) is 0. The highest BCUT2D eigenvalue weighted by molar-refractivity contribution is 5.95. The van der Waals surface area contributed by atoms with Crippen molar-refractivity contribution in [2.24, 2.45) is 11.7 Å². The zero-order valence-electron chi connectivity index (χ0n) is 11.5. The Morgan fingerprint density at radius 2 is 2.10 bits per heavy atom. The molecule has 1 amide bonds. The van der Waals surface area contributed by atoms with E-state index in [1.165, 1.54) is 0 Å². The summed E-state index contributed by atoms with van der Waals surface area (Å²) in [7, 11) is 0. The number of carbonyl (C=O) groups is 1. The summed E-state index contributed by atoms with van der Waals surface area (Å²) >= 11 is 0. The summed E-state index contributed by atoms with van der Waals surface area (Å²) in [6.07, 6.45) is 2.14. The second-order valence-electron chi connectivity index (χ2n) is 5.35. The molecule has 2 N–H and O–H groups in total. The molecule has 1 saturated heterocycles. The van der Waals surface area contributed by atoms with Crippen LogP contribution in [0.15, 0.2) is 18.2 Å². The number of nitrogens with zero attached hydrogens (tertiary/aromatic N) is 1. The van der Waals surface area contributed by atoms with E-state index in [1.54, 1.807) is 6.07 Å². The van der Waals surface area contributed by atoms with E-state index in [2.05, 4.69) is 0 Å². The fraction of sp³-hybridized carbons (Fsp3) is 0.533. The summed E-state index contributed by atoms with van der Waals surface area (Å²) in [5.41, 5.74) is 6.38. The number of likely N-dealkylation sites (tertiary alicyclic amines) is 1. The monoisotopic (exact) mass is 276 g/mol. The normalized spacial score (nSPS) is 21.6. The Bertz CT molecular complexity index is 504. The molecule has 1 aromatic carbocycles. The summed E-state index contributed by atoms with van der Waals surface area (Å²) in [6.45, 7) is 3.30. The highest BCUT2D eigenvalue weighted by Crippen LogP contribution is 2.31. The van der Waals surface area contributed by atoms with Crippen molar-refractivity contribution < 1.29 is 14.3 Å². The lowest BCUT2D eigenvalue weighted by Gasteiger charge is -2.32. The minimum atomic E-state index is 0.0557. The number of hydrogen-bond donors (Lipinski definition) is 1. The molecule has 2 heterocycles. The van der Waals surface area contributed by atoms with Crippen LogP contribution in [0.25, 0.3) is 0 Å². The summed E-state index contributed by atoms with van der Waals surface area (Å²) in [5.74, 6) is 1.85. The predicted molar refractivity (Wildman–Crippen MR) is 75.1 cm³/mol. The summed E-state index contributed by atoms with van der Waals surface area (Å²) in [4.78, 5) is 14.4. The van der Waals surface area contributed by atoms with Gasteiger partial charge in [0.25, 0.3) is 5.91 Å². The van der Waals surface area contributed by atoms with Crippen molar-refractivity contribution in [3.63, 3.8) is 0 Å². The number of nitrogens with two attached hydrogens (primary N) is 1. The number of piperidine rings is 1. The molecular weight excluding hydrogens is 256 g/mol. The van der Waals surface area contributed by atoms with Crippen LogP contribution >= 0.6 is 0 Å². The summed E-state index contributed by atoms with van der Waals surface area (Å²) < 4.78 is 11.0. The van der Waals surface area contributed by atoms with Crippen LogP contribution in [0.5, 0.6) is 11.5 Å². The van der Waals surface area contributed by atoms with E-state index in [0.29, 0.717) is 42.7 Å². The maximum absolute atomic E-state index is 12.5. The van der Waals surface area contributed by atoms with Crippen LogP contribution in [0, 0.1) is 5.92 Å². The van der Waals surface area contributed by atoms with Gasteiger partial charge in [-0.25, -0.2) is 0 Å². The van der Waals surface area contributed by atoms with Crippen LogP contribution in [0.3, 0.4) is 0 Å². The quantitative estimate of drug-likeness (QED) is 0.883. The van der Waals surface area contributed by atoms with Crippen molar-refractivity contribution in [2.45, 2.75) is 12.8 Å². The number of ether oxygens (including phenoxy) is 2. The van der Waals surface area contributed by atoms with Gasteiger partial charge in [-0.05, 0) is 43.5 Å². The van der Waals surface area contributed by atoms with Gasteiger partial charge < -0.3 is 20.1 Å². The largest absolute Gasteiger partial charge is 0.486 e. The highest BCUT2D eigenvalue weighted by Gasteiger charge is 2.24. The van der Waals surface area contributed by atoms with Crippen LogP contribution in [0.1, 0.15) is 23.2 Å². The molecule has 1 aromatic rings. The fourth-order valence-electron chi connectivity index (χ4n) is 2.80. The first kappa shape index (κ1) is 13.2. The van der Waals surface area contributed by atoms with Crippen molar-refractivity contribution >= 4 is 5.91 Å². The van der Waals surface area contributed by atoms with E-state index in [1.807, 2.05) is 17.0 Å². The molecule has 0 saturated carbocycles. The average Bonchev–Trinajstić information content (AvgIpc) is 2.53. The number of hydrogen-bond acceptors (Lipinski definition) is 4. The molecule has 5 heteroatoms. The third kappa shape index (κ3) is 2.58. The van der Waals surface area contributed by atoms with Crippen molar-refractivity contribution in [2.75, 3.05) is 32.8 Å². The molecule has 3 rings (SSSR count). The topological polar surface area (TPSA) is 64.8 Å². The van der Waals surface area contributed by atoms with Gasteiger partial charge in [-0.3, -0.25) is 4.79 Å². The van der Waals surface area contributed by atoms with E-state index in [-0.39, 0.29) is 5.91 Å². The minimum Gasteiger partial charge on any atom is -0.486 e. The van der Waals surface area contributed by atoms with Crippen LogP contribution in [0.4, 0.5) is 0 Å². The Balaban J connectivity index is 1.76. The lowest BCUT2D eigenvalue weighted by atomic mass is 9.97. The van der Waals surface area contributed by atoms with E-state index in [9.17, 15) is 4.79 Å². The first-order valence-electron chi connectivity index (χ1n) is 7.17. The number of fused-ring (bicyclic) bond motifs is 1. The second-order valence-corrected chi connectivity index (χ2v) is 5.35. The maximum Gasteiger partial charge on any atom is 0.254 e. The Morgan fingerprint density at radius 3 is 2.90 bits per heavy atom. The molecule has 0 aromatic heterocycles. The molecule has 1 atom stereocenters.